The second-order valence-corrected chi connectivity index (χ2v) is 8.39. The van der Waals surface area contributed by atoms with Gasteiger partial charge in [0.1, 0.15) is 5.52 Å². The van der Waals surface area contributed by atoms with E-state index >= 15 is 0 Å². The molecule has 2 heterocycles. The van der Waals surface area contributed by atoms with Crippen LogP contribution in [0, 0.1) is 0 Å². The summed E-state index contributed by atoms with van der Waals surface area (Å²) in [5.41, 5.74) is 6.94. The van der Waals surface area contributed by atoms with Crippen LogP contribution in [0.2, 0.25) is 0 Å². The number of H-pyrrole nitrogens is 1. The summed E-state index contributed by atoms with van der Waals surface area (Å²) in [5, 5.41) is 3.44. The van der Waals surface area contributed by atoms with Gasteiger partial charge in [-0.2, -0.15) is 0 Å². The van der Waals surface area contributed by atoms with Crippen LogP contribution in [0.15, 0.2) is 66.7 Å². The molecular weight excluding hydrogens is 372 g/mol. The third-order valence-corrected chi connectivity index (χ3v) is 6.00. The van der Waals surface area contributed by atoms with E-state index < -0.39 is 0 Å². The predicted octanol–water partition coefficient (Wildman–Crippen LogP) is 5.94. The van der Waals surface area contributed by atoms with Gasteiger partial charge in [0.2, 0.25) is 5.95 Å². The third kappa shape index (κ3) is 3.03. The Balaban J connectivity index is 1.55. The second-order valence-electron chi connectivity index (χ2n) is 8.39. The second kappa shape index (κ2) is 7.02. The maximum Gasteiger partial charge on any atom is 0.205 e. The van der Waals surface area contributed by atoms with Crippen LogP contribution in [0.1, 0.15) is 36.2 Å². The molecule has 0 spiro atoms. The van der Waals surface area contributed by atoms with Gasteiger partial charge in [-0.15, -0.1) is 0 Å². The highest BCUT2D eigenvalue weighted by Gasteiger charge is 2.32. The number of imidazole rings is 1. The molecule has 0 bridgehead atoms. The lowest BCUT2D eigenvalue weighted by molar-refractivity contribution is 0.112. The zero-order chi connectivity index (χ0) is 20.7. The van der Waals surface area contributed by atoms with Crippen LogP contribution < -0.4 is 10.2 Å². The van der Waals surface area contributed by atoms with Gasteiger partial charge in [0.25, 0.3) is 0 Å². The number of anilines is 4. The highest BCUT2D eigenvalue weighted by atomic mass is 16.1. The fourth-order valence-corrected chi connectivity index (χ4v) is 4.33. The summed E-state index contributed by atoms with van der Waals surface area (Å²) < 4.78 is 0. The predicted molar refractivity (Wildman–Crippen MR) is 122 cm³/mol. The molecule has 5 nitrogen and oxygen atoms in total. The Morgan fingerprint density at radius 1 is 1.00 bits per heavy atom. The Labute approximate surface area is 175 Å². The Morgan fingerprint density at radius 2 is 1.77 bits per heavy atom. The van der Waals surface area contributed by atoms with Crippen molar-refractivity contribution in [2.24, 2.45) is 0 Å². The van der Waals surface area contributed by atoms with Gasteiger partial charge in [0.05, 0.1) is 16.9 Å². The first-order chi connectivity index (χ1) is 14.6. The largest absolute Gasteiger partial charge is 0.340 e. The van der Waals surface area contributed by atoms with Crippen molar-refractivity contribution in [2.45, 2.75) is 25.7 Å². The minimum atomic E-state index is 0.152. The fraction of sp³-hybridized carbons (Fsp3) is 0.200. The Kier molecular flexibility index (Phi) is 4.31. The molecule has 0 saturated heterocycles. The van der Waals surface area contributed by atoms with Gasteiger partial charge in [-0.1, -0.05) is 50.2 Å². The number of carbonyl (C=O) groups excluding carboxylic acids is 1. The smallest absolute Gasteiger partial charge is 0.205 e. The number of aromatic amines is 1. The molecule has 5 rings (SSSR count). The summed E-state index contributed by atoms with van der Waals surface area (Å²) in [6.07, 6.45) is 1.92. The molecule has 0 fully saturated rings. The number of nitrogens with zero attached hydrogens (tertiary/aromatic N) is 2. The molecule has 5 heteroatoms. The molecule has 3 aromatic carbocycles. The zero-order valence-electron chi connectivity index (χ0n) is 17.1. The number of hydrogen-bond donors (Lipinski definition) is 2. The molecule has 0 unspecified atom stereocenters. The highest BCUT2D eigenvalue weighted by Crippen LogP contribution is 2.44. The zero-order valence-corrected chi connectivity index (χ0v) is 17.1. The van der Waals surface area contributed by atoms with Gasteiger partial charge in [0, 0.05) is 17.8 Å². The molecule has 1 aliphatic heterocycles. The number of aldehydes is 1. The van der Waals surface area contributed by atoms with Crippen LogP contribution in [0.5, 0.6) is 0 Å². The minimum absolute atomic E-state index is 0.152. The minimum Gasteiger partial charge on any atom is -0.340 e. The summed E-state index contributed by atoms with van der Waals surface area (Å²) in [5.74, 6) is 0.623. The first-order valence-electron chi connectivity index (χ1n) is 10.2. The molecule has 1 aliphatic rings. The molecule has 0 amide bonds. The number of rotatable bonds is 4. The maximum atomic E-state index is 11.3. The van der Waals surface area contributed by atoms with E-state index in [0.29, 0.717) is 17.0 Å². The number of aromatic nitrogens is 2. The number of fused-ring (bicyclic) bond motifs is 2. The van der Waals surface area contributed by atoms with Crippen molar-refractivity contribution in [3.63, 3.8) is 0 Å². The standard InChI is InChI=1S/C25H24N4O/c1-25(2)14-15-29(21-12-5-3-9-18(21)25)22-13-6-4-10-19(22)26-24-27-20-11-7-8-17(16-30)23(20)28-24/h3-13,16H,14-15H2,1-2H3,(H2,26,27,28). The van der Waals surface area contributed by atoms with E-state index in [9.17, 15) is 4.79 Å². The number of hydrogen-bond acceptors (Lipinski definition) is 4. The quantitative estimate of drug-likeness (QED) is 0.419. The fourth-order valence-electron chi connectivity index (χ4n) is 4.33. The Hall–Kier alpha value is -3.60. The topological polar surface area (TPSA) is 61.0 Å². The lowest BCUT2D eigenvalue weighted by Crippen LogP contribution is -2.34. The van der Waals surface area contributed by atoms with Crippen molar-refractivity contribution >= 4 is 40.3 Å². The molecule has 0 radical (unpaired) electrons. The first-order valence-corrected chi connectivity index (χ1v) is 10.2. The van der Waals surface area contributed by atoms with E-state index in [1.54, 1.807) is 6.07 Å². The molecule has 1 aromatic heterocycles. The SMILES string of the molecule is CC1(C)CCN(c2ccccc2Nc2nc3c(C=O)cccc3[nH]2)c2ccccc21. The van der Waals surface area contributed by atoms with E-state index in [2.05, 4.69) is 76.5 Å². The van der Waals surface area contributed by atoms with Gasteiger partial charge in [-0.3, -0.25) is 4.79 Å². The van der Waals surface area contributed by atoms with Gasteiger partial charge < -0.3 is 15.2 Å². The van der Waals surface area contributed by atoms with E-state index in [-0.39, 0.29) is 5.41 Å². The van der Waals surface area contributed by atoms with Crippen LogP contribution >= 0.6 is 0 Å². The van der Waals surface area contributed by atoms with Crippen molar-refractivity contribution in [3.8, 4) is 0 Å². The van der Waals surface area contributed by atoms with Crippen LogP contribution in [0.25, 0.3) is 11.0 Å². The highest BCUT2D eigenvalue weighted by molar-refractivity contribution is 5.95. The lowest BCUT2D eigenvalue weighted by atomic mass is 9.77. The average Bonchev–Trinajstić information content (AvgIpc) is 3.17. The van der Waals surface area contributed by atoms with E-state index in [0.717, 1.165) is 36.1 Å². The normalized spacial score (nSPS) is 15.1. The van der Waals surface area contributed by atoms with Crippen molar-refractivity contribution in [1.29, 1.82) is 0 Å². The van der Waals surface area contributed by atoms with E-state index in [1.807, 2.05) is 18.2 Å². The molecule has 30 heavy (non-hydrogen) atoms. The number of nitrogens with one attached hydrogen (secondary N) is 2. The van der Waals surface area contributed by atoms with Crippen LogP contribution in [0.4, 0.5) is 23.0 Å². The Bertz CT molecular complexity index is 1240. The lowest BCUT2D eigenvalue weighted by Gasteiger charge is -2.40. The van der Waals surface area contributed by atoms with Crippen LogP contribution in [-0.4, -0.2) is 22.8 Å². The van der Waals surface area contributed by atoms with Gasteiger partial charge in [-0.25, -0.2) is 4.98 Å². The third-order valence-electron chi connectivity index (χ3n) is 6.00. The van der Waals surface area contributed by atoms with Crippen LogP contribution in [0.3, 0.4) is 0 Å². The summed E-state index contributed by atoms with van der Waals surface area (Å²) in [4.78, 5) is 21.6. The monoisotopic (exact) mass is 396 g/mol. The van der Waals surface area contributed by atoms with Crippen molar-refractivity contribution in [2.75, 3.05) is 16.8 Å². The van der Waals surface area contributed by atoms with Crippen molar-refractivity contribution < 1.29 is 4.79 Å². The molecule has 0 atom stereocenters. The number of para-hydroxylation sites is 4. The van der Waals surface area contributed by atoms with Crippen molar-refractivity contribution in [3.05, 3.63) is 77.9 Å². The van der Waals surface area contributed by atoms with Crippen LogP contribution in [-0.2, 0) is 5.41 Å². The van der Waals surface area contributed by atoms with E-state index in [4.69, 9.17) is 0 Å². The molecule has 2 N–H and O–H groups in total. The molecular formula is C25H24N4O. The number of benzene rings is 3. The molecule has 4 aromatic rings. The Morgan fingerprint density at radius 3 is 2.60 bits per heavy atom. The van der Waals surface area contributed by atoms with E-state index in [1.165, 1.54) is 11.3 Å². The molecule has 150 valence electrons. The summed E-state index contributed by atoms with van der Waals surface area (Å²) in [6, 6.07) is 22.5. The summed E-state index contributed by atoms with van der Waals surface area (Å²) >= 11 is 0. The summed E-state index contributed by atoms with van der Waals surface area (Å²) in [6.45, 7) is 5.57. The van der Waals surface area contributed by atoms with Gasteiger partial charge >= 0.3 is 0 Å². The van der Waals surface area contributed by atoms with Gasteiger partial charge in [-0.05, 0) is 47.7 Å². The maximum absolute atomic E-state index is 11.3. The van der Waals surface area contributed by atoms with Gasteiger partial charge in [0.15, 0.2) is 6.29 Å². The summed E-state index contributed by atoms with van der Waals surface area (Å²) in [7, 11) is 0. The van der Waals surface area contributed by atoms with Crippen molar-refractivity contribution in [1.82, 2.24) is 9.97 Å². The molecule has 0 aliphatic carbocycles. The average molecular weight is 396 g/mol. The first kappa shape index (κ1) is 18.4. The molecule has 0 saturated carbocycles. The number of carbonyl (C=O) groups is 1.